The SMILES string of the molecule is CCOOCC1=CC(/C=C/C(=O)OC)C2C=C(Cc3ccc(F)cc3)C=NC2=C1O. The number of dihydropyridines is 1. The van der Waals surface area contributed by atoms with Gasteiger partial charge in [0.1, 0.15) is 18.2 Å². The molecule has 3 rings (SSSR count). The molecular formula is C23H24FNO5. The second-order valence-electron chi connectivity index (χ2n) is 6.88. The van der Waals surface area contributed by atoms with Gasteiger partial charge < -0.3 is 9.84 Å². The number of benzene rings is 1. The van der Waals surface area contributed by atoms with E-state index >= 15 is 0 Å². The molecule has 0 saturated carbocycles. The molecule has 0 aromatic heterocycles. The Bertz CT molecular complexity index is 927. The molecule has 30 heavy (non-hydrogen) atoms. The first-order valence-corrected chi connectivity index (χ1v) is 9.65. The van der Waals surface area contributed by atoms with Crippen LogP contribution in [0.3, 0.4) is 0 Å². The maximum atomic E-state index is 13.2. The van der Waals surface area contributed by atoms with Crippen LogP contribution in [0, 0.1) is 17.7 Å². The topological polar surface area (TPSA) is 77.4 Å². The zero-order valence-corrected chi connectivity index (χ0v) is 16.9. The fourth-order valence-electron chi connectivity index (χ4n) is 3.36. The number of hydrogen-bond donors (Lipinski definition) is 1. The molecule has 2 unspecified atom stereocenters. The van der Waals surface area contributed by atoms with Crippen molar-refractivity contribution >= 4 is 12.2 Å². The third kappa shape index (κ3) is 5.31. The molecule has 1 N–H and O–H groups in total. The zero-order valence-electron chi connectivity index (χ0n) is 16.9. The van der Waals surface area contributed by atoms with Crippen molar-refractivity contribution in [1.29, 1.82) is 0 Å². The highest BCUT2D eigenvalue weighted by atomic mass is 19.1. The smallest absolute Gasteiger partial charge is 0.330 e. The van der Waals surface area contributed by atoms with Crippen LogP contribution in [0.4, 0.5) is 4.39 Å². The second-order valence-corrected chi connectivity index (χ2v) is 6.88. The van der Waals surface area contributed by atoms with Gasteiger partial charge in [-0.15, -0.1) is 0 Å². The lowest BCUT2D eigenvalue weighted by molar-refractivity contribution is -0.284. The van der Waals surface area contributed by atoms with Crippen LogP contribution in [0.15, 0.2) is 76.2 Å². The van der Waals surface area contributed by atoms with E-state index in [2.05, 4.69) is 9.73 Å². The van der Waals surface area contributed by atoms with Crippen LogP contribution in [-0.2, 0) is 25.7 Å². The molecular weight excluding hydrogens is 389 g/mol. The maximum absolute atomic E-state index is 13.2. The van der Waals surface area contributed by atoms with Gasteiger partial charge in [0.15, 0.2) is 0 Å². The van der Waals surface area contributed by atoms with Gasteiger partial charge >= 0.3 is 5.97 Å². The number of fused-ring (bicyclic) bond motifs is 1. The van der Waals surface area contributed by atoms with Gasteiger partial charge in [-0.2, -0.15) is 0 Å². The summed E-state index contributed by atoms with van der Waals surface area (Å²) in [6, 6.07) is 6.29. The minimum Gasteiger partial charge on any atom is -0.506 e. The Morgan fingerprint density at radius 3 is 2.70 bits per heavy atom. The Kier molecular flexibility index (Phi) is 7.32. The third-order valence-corrected chi connectivity index (χ3v) is 4.83. The summed E-state index contributed by atoms with van der Waals surface area (Å²) in [5, 5.41) is 10.7. The average molecular weight is 413 g/mol. The highest BCUT2D eigenvalue weighted by molar-refractivity contribution is 5.83. The van der Waals surface area contributed by atoms with Gasteiger partial charge in [-0.3, -0.25) is 4.99 Å². The number of nitrogens with zero attached hydrogens (tertiary/aromatic N) is 1. The molecule has 1 aromatic carbocycles. The number of aliphatic hydroxyl groups is 1. The van der Waals surface area contributed by atoms with Crippen LogP contribution in [0.5, 0.6) is 0 Å². The number of carbonyl (C=O) groups is 1. The molecule has 1 aromatic rings. The number of aliphatic hydroxyl groups excluding tert-OH is 1. The quantitative estimate of drug-likeness (QED) is 0.229. The van der Waals surface area contributed by atoms with E-state index in [1.54, 1.807) is 31.3 Å². The Morgan fingerprint density at radius 1 is 1.23 bits per heavy atom. The third-order valence-electron chi connectivity index (χ3n) is 4.83. The summed E-state index contributed by atoms with van der Waals surface area (Å²) in [7, 11) is 1.31. The number of ether oxygens (including phenoxy) is 1. The number of carbonyl (C=O) groups excluding carboxylic acids is 1. The standard InChI is InChI=1S/C23H24FNO5/c1-3-29-30-14-18-12-17(6-9-21(26)28-2)20-11-16(13-25-22(20)23(18)27)10-15-4-7-19(24)8-5-15/h4-9,11-13,17,20,27H,3,10,14H2,1-2H3/b9-6+. The van der Waals surface area contributed by atoms with Crippen LogP contribution in [0.25, 0.3) is 0 Å². The molecule has 1 aliphatic carbocycles. The number of esters is 1. The van der Waals surface area contributed by atoms with Crippen LogP contribution in [0.2, 0.25) is 0 Å². The minimum atomic E-state index is -0.467. The van der Waals surface area contributed by atoms with Crippen molar-refractivity contribution in [3.63, 3.8) is 0 Å². The molecule has 0 fully saturated rings. The number of hydrogen-bond acceptors (Lipinski definition) is 6. The fourth-order valence-corrected chi connectivity index (χ4v) is 3.36. The Balaban J connectivity index is 1.87. The lowest BCUT2D eigenvalue weighted by Gasteiger charge is -2.29. The first kappa shape index (κ1) is 21.7. The van der Waals surface area contributed by atoms with Gasteiger partial charge in [0, 0.05) is 29.7 Å². The fraction of sp³-hybridized carbons (Fsp3) is 0.304. The summed E-state index contributed by atoms with van der Waals surface area (Å²) in [6.07, 6.45) is 9.18. The van der Waals surface area contributed by atoms with E-state index in [1.165, 1.54) is 25.3 Å². The van der Waals surface area contributed by atoms with Crippen molar-refractivity contribution in [2.24, 2.45) is 16.8 Å². The monoisotopic (exact) mass is 413 g/mol. The number of rotatable bonds is 8. The van der Waals surface area contributed by atoms with Gasteiger partial charge in [-0.25, -0.2) is 19.0 Å². The highest BCUT2D eigenvalue weighted by Gasteiger charge is 2.31. The van der Waals surface area contributed by atoms with E-state index in [4.69, 9.17) is 9.78 Å². The normalized spacial score (nSPS) is 20.8. The summed E-state index contributed by atoms with van der Waals surface area (Å²) in [5.74, 6) is -1.22. The zero-order chi connectivity index (χ0) is 21.5. The summed E-state index contributed by atoms with van der Waals surface area (Å²) >= 11 is 0. The van der Waals surface area contributed by atoms with E-state index in [-0.39, 0.29) is 30.0 Å². The van der Waals surface area contributed by atoms with E-state index in [9.17, 15) is 14.3 Å². The maximum Gasteiger partial charge on any atom is 0.330 e. The molecule has 1 aliphatic heterocycles. The molecule has 0 amide bonds. The van der Waals surface area contributed by atoms with Crippen LogP contribution < -0.4 is 0 Å². The van der Waals surface area contributed by atoms with Gasteiger partial charge in [0.05, 0.1) is 19.4 Å². The predicted octanol–water partition coefficient (Wildman–Crippen LogP) is 4.02. The van der Waals surface area contributed by atoms with Crippen LogP contribution >= 0.6 is 0 Å². The first-order chi connectivity index (χ1) is 14.5. The molecule has 7 heteroatoms. The van der Waals surface area contributed by atoms with Crippen molar-refractivity contribution in [2.75, 3.05) is 20.3 Å². The predicted molar refractivity (Wildman–Crippen MR) is 110 cm³/mol. The molecule has 1 heterocycles. The van der Waals surface area contributed by atoms with Gasteiger partial charge in [0.25, 0.3) is 0 Å². The van der Waals surface area contributed by atoms with Crippen LogP contribution in [0.1, 0.15) is 12.5 Å². The van der Waals surface area contributed by atoms with Crippen molar-refractivity contribution < 1.29 is 28.8 Å². The first-order valence-electron chi connectivity index (χ1n) is 9.65. The summed E-state index contributed by atoms with van der Waals surface area (Å²) in [5.41, 5.74) is 2.91. The Hall–Kier alpha value is -3.03. The average Bonchev–Trinajstić information content (AvgIpc) is 2.76. The molecule has 2 aliphatic rings. The van der Waals surface area contributed by atoms with Crippen LogP contribution in [-0.4, -0.2) is 37.6 Å². The van der Waals surface area contributed by atoms with Gasteiger partial charge in [-0.05, 0) is 36.6 Å². The summed E-state index contributed by atoms with van der Waals surface area (Å²) in [4.78, 5) is 26.1. The molecule has 158 valence electrons. The Labute approximate surface area is 174 Å². The number of methoxy groups -OCH3 is 1. The lowest BCUT2D eigenvalue weighted by Crippen LogP contribution is -2.23. The van der Waals surface area contributed by atoms with E-state index in [0.29, 0.717) is 24.3 Å². The number of halogens is 1. The molecule has 0 radical (unpaired) electrons. The molecule has 2 atom stereocenters. The Morgan fingerprint density at radius 2 is 2.00 bits per heavy atom. The van der Waals surface area contributed by atoms with Crippen molar-refractivity contribution in [2.45, 2.75) is 13.3 Å². The van der Waals surface area contributed by atoms with E-state index in [1.807, 2.05) is 12.2 Å². The molecule has 0 spiro atoms. The largest absolute Gasteiger partial charge is 0.506 e. The number of aliphatic imine (C=N–C) groups is 1. The van der Waals surface area contributed by atoms with Gasteiger partial charge in [-0.1, -0.05) is 30.4 Å². The van der Waals surface area contributed by atoms with Gasteiger partial charge in [0.2, 0.25) is 0 Å². The van der Waals surface area contributed by atoms with Crippen molar-refractivity contribution in [3.8, 4) is 0 Å². The molecule has 0 bridgehead atoms. The summed E-state index contributed by atoms with van der Waals surface area (Å²) < 4.78 is 17.8. The molecule has 6 nitrogen and oxygen atoms in total. The lowest BCUT2D eigenvalue weighted by atomic mass is 9.79. The minimum absolute atomic E-state index is 0.0377. The van der Waals surface area contributed by atoms with Crippen molar-refractivity contribution in [1.82, 2.24) is 0 Å². The summed E-state index contributed by atoms with van der Waals surface area (Å²) in [6.45, 7) is 2.23. The second kappa shape index (κ2) is 10.1. The van der Waals surface area contributed by atoms with E-state index < -0.39 is 5.97 Å². The molecule has 0 saturated heterocycles. The highest BCUT2D eigenvalue weighted by Crippen LogP contribution is 2.38. The van der Waals surface area contributed by atoms with Crippen molar-refractivity contribution in [3.05, 3.63) is 82.6 Å². The van der Waals surface area contributed by atoms with E-state index in [0.717, 1.165) is 11.1 Å². The number of allylic oxidation sites excluding steroid dienone is 4.